The number of nitrogens with zero attached hydrogens (tertiary/aromatic N) is 2. The van der Waals surface area contributed by atoms with Crippen LogP contribution in [-0.2, 0) is 6.54 Å². The van der Waals surface area contributed by atoms with Crippen LogP contribution in [0, 0.1) is 18.8 Å². The first-order chi connectivity index (χ1) is 11.5. The average Bonchev–Trinajstić information content (AvgIpc) is 3.06. The number of carbonyl (C=O) groups is 1. The molecule has 0 radical (unpaired) electrons. The van der Waals surface area contributed by atoms with Crippen LogP contribution >= 0.6 is 0 Å². The molecule has 2 unspecified atom stereocenters. The van der Waals surface area contributed by atoms with Gasteiger partial charge in [-0.2, -0.15) is 5.10 Å². The van der Waals surface area contributed by atoms with E-state index in [0.717, 1.165) is 35.6 Å². The molecule has 3 rings (SSSR count). The minimum atomic E-state index is 0.137. The third kappa shape index (κ3) is 3.78. The first-order valence-electron chi connectivity index (χ1n) is 8.65. The van der Waals surface area contributed by atoms with Crippen molar-refractivity contribution in [2.75, 3.05) is 18.4 Å². The lowest BCUT2D eigenvalue weighted by Gasteiger charge is -2.35. The molecule has 2 atom stereocenters. The predicted octanol–water partition coefficient (Wildman–Crippen LogP) is 3.45. The predicted molar refractivity (Wildman–Crippen MR) is 95.9 cm³/mol. The summed E-state index contributed by atoms with van der Waals surface area (Å²) in [7, 11) is 0. The minimum absolute atomic E-state index is 0.137. The molecule has 5 nitrogen and oxygen atoms in total. The Morgan fingerprint density at radius 2 is 2.04 bits per heavy atom. The second kappa shape index (κ2) is 7.07. The molecular weight excluding hydrogens is 300 g/mol. The van der Waals surface area contributed by atoms with E-state index in [9.17, 15) is 4.79 Å². The highest BCUT2D eigenvalue weighted by Gasteiger charge is 2.26. The summed E-state index contributed by atoms with van der Waals surface area (Å²) >= 11 is 0. The third-order valence-electron chi connectivity index (χ3n) is 4.67. The normalized spacial score (nSPS) is 20.9. The second-order valence-electron chi connectivity index (χ2n) is 7.12. The number of H-pyrrole nitrogens is 1. The molecule has 5 heteroatoms. The number of nitrogens with one attached hydrogen (secondary N) is 2. The summed E-state index contributed by atoms with van der Waals surface area (Å²) in [5.74, 6) is 1.28. The van der Waals surface area contributed by atoms with Gasteiger partial charge in [0.2, 0.25) is 0 Å². The SMILES string of the molecule is Cc1ccc(C(=O)N2CC(C)CC(C)C2)cc1NCc1ccn[nH]1. The maximum Gasteiger partial charge on any atom is 0.253 e. The average molecular weight is 326 g/mol. The number of aryl methyl sites for hydroxylation is 1. The Labute approximate surface area is 143 Å². The molecule has 0 spiro atoms. The van der Waals surface area contributed by atoms with Crippen LogP contribution < -0.4 is 5.32 Å². The van der Waals surface area contributed by atoms with Crippen LogP contribution in [0.3, 0.4) is 0 Å². The number of carbonyl (C=O) groups excluding carboxylic acids is 1. The van der Waals surface area contributed by atoms with Crippen LogP contribution in [0.4, 0.5) is 5.69 Å². The maximum absolute atomic E-state index is 12.9. The van der Waals surface area contributed by atoms with Gasteiger partial charge in [0.25, 0.3) is 5.91 Å². The first-order valence-corrected chi connectivity index (χ1v) is 8.65. The molecule has 1 aromatic carbocycles. The zero-order chi connectivity index (χ0) is 17.1. The number of piperidine rings is 1. The Hall–Kier alpha value is -2.30. The molecule has 0 aliphatic carbocycles. The van der Waals surface area contributed by atoms with Gasteiger partial charge >= 0.3 is 0 Å². The van der Waals surface area contributed by atoms with Gasteiger partial charge in [0.1, 0.15) is 0 Å². The van der Waals surface area contributed by atoms with E-state index >= 15 is 0 Å². The lowest BCUT2D eigenvalue weighted by Crippen LogP contribution is -2.42. The molecule has 1 amide bonds. The molecule has 1 saturated heterocycles. The summed E-state index contributed by atoms with van der Waals surface area (Å²) in [6, 6.07) is 7.86. The van der Waals surface area contributed by atoms with E-state index in [-0.39, 0.29) is 5.91 Å². The van der Waals surface area contributed by atoms with Crippen molar-refractivity contribution in [3.8, 4) is 0 Å². The van der Waals surface area contributed by atoms with Crippen LogP contribution in [0.5, 0.6) is 0 Å². The Morgan fingerprint density at radius 1 is 1.29 bits per heavy atom. The molecule has 2 aromatic rings. The van der Waals surface area contributed by atoms with Crippen molar-refractivity contribution in [3.63, 3.8) is 0 Å². The van der Waals surface area contributed by atoms with Gasteiger partial charge in [0.15, 0.2) is 0 Å². The number of amides is 1. The number of anilines is 1. The molecule has 1 aliphatic rings. The van der Waals surface area contributed by atoms with Gasteiger partial charge in [-0.15, -0.1) is 0 Å². The summed E-state index contributed by atoms with van der Waals surface area (Å²) in [6.45, 7) is 8.87. The monoisotopic (exact) mass is 326 g/mol. The Balaban J connectivity index is 1.73. The number of hydrogen-bond acceptors (Lipinski definition) is 3. The Morgan fingerprint density at radius 3 is 2.71 bits per heavy atom. The highest BCUT2D eigenvalue weighted by Crippen LogP contribution is 2.24. The molecule has 1 aliphatic heterocycles. The van der Waals surface area contributed by atoms with Gasteiger partial charge in [0, 0.05) is 30.5 Å². The van der Waals surface area contributed by atoms with Gasteiger partial charge in [-0.3, -0.25) is 9.89 Å². The molecule has 0 bridgehead atoms. The molecule has 0 saturated carbocycles. The summed E-state index contributed by atoms with van der Waals surface area (Å²) < 4.78 is 0. The van der Waals surface area contributed by atoms with Crippen molar-refractivity contribution in [3.05, 3.63) is 47.3 Å². The number of hydrogen-bond donors (Lipinski definition) is 2. The largest absolute Gasteiger partial charge is 0.379 e. The van der Waals surface area contributed by atoms with Crippen molar-refractivity contribution in [2.24, 2.45) is 11.8 Å². The highest BCUT2D eigenvalue weighted by atomic mass is 16.2. The highest BCUT2D eigenvalue weighted by molar-refractivity contribution is 5.95. The quantitative estimate of drug-likeness (QED) is 0.904. The first kappa shape index (κ1) is 16.6. The number of likely N-dealkylation sites (tertiary alicyclic amines) is 1. The summed E-state index contributed by atoms with van der Waals surface area (Å²) in [4.78, 5) is 14.9. The van der Waals surface area contributed by atoms with Crippen LogP contribution in [0.25, 0.3) is 0 Å². The molecular formula is C19H26N4O. The van der Waals surface area contributed by atoms with Crippen molar-refractivity contribution >= 4 is 11.6 Å². The molecule has 2 N–H and O–H groups in total. The zero-order valence-corrected chi connectivity index (χ0v) is 14.7. The summed E-state index contributed by atoms with van der Waals surface area (Å²) in [5.41, 5.74) is 3.90. The fraction of sp³-hybridized carbons (Fsp3) is 0.474. The van der Waals surface area contributed by atoms with E-state index in [1.807, 2.05) is 29.2 Å². The molecule has 1 aromatic heterocycles. The summed E-state index contributed by atoms with van der Waals surface area (Å²) in [5, 5.41) is 10.3. The summed E-state index contributed by atoms with van der Waals surface area (Å²) in [6.07, 6.45) is 2.94. The maximum atomic E-state index is 12.9. The molecule has 24 heavy (non-hydrogen) atoms. The van der Waals surface area contributed by atoms with E-state index in [2.05, 4.69) is 36.3 Å². The molecule has 1 fully saturated rings. The van der Waals surface area contributed by atoms with E-state index < -0.39 is 0 Å². The second-order valence-corrected chi connectivity index (χ2v) is 7.12. The van der Waals surface area contributed by atoms with E-state index in [4.69, 9.17) is 0 Å². The van der Waals surface area contributed by atoms with Gasteiger partial charge < -0.3 is 10.2 Å². The Kier molecular flexibility index (Phi) is 4.88. The number of aromatic amines is 1. The minimum Gasteiger partial charge on any atom is -0.379 e. The van der Waals surface area contributed by atoms with Gasteiger partial charge in [-0.25, -0.2) is 0 Å². The van der Waals surface area contributed by atoms with Crippen molar-refractivity contribution in [1.29, 1.82) is 0 Å². The lowest BCUT2D eigenvalue weighted by molar-refractivity contribution is 0.0623. The van der Waals surface area contributed by atoms with E-state index in [1.165, 1.54) is 6.42 Å². The Bertz CT molecular complexity index is 685. The fourth-order valence-corrected chi connectivity index (χ4v) is 3.53. The van der Waals surface area contributed by atoms with Crippen molar-refractivity contribution < 1.29 is 4.79 Å². The van der Waals surface area contributed by atoms with Crippen molar-refractivity contribution in [1.82, 2.24) is 15.1 Å². The fourth-order valence-electron chi connectivity index (χ4n) is 3.53. The van der Waals surface area contributed by atoms with Crippen LogP contribution in [0.15, 0.2) is 30.5 Å². The van der Waals surface area contributed by atoms with Gasteiger partial charge in [-0.1, -0.05) is 19.9 Å². The smallest absolute Gasteiger partial charge is 0.253 e. The molecule has 128 valence electrons. The van der Waals surface area contributed by atoms with Crippen LogP contribution in [-0.4, -0.2) is 34.1 Å². The van der Waals surface area contributed by atoms with E-state index in [1.54, 1.807) is 6.20 Å². The number of benzene rings is 1. The van der Waals surface area contributed by atoms with Crippen molar-refractivity contribution in [2.45, 2.75) is 33.7 Å². The number of rotatable bonds is 4. The van der Waals surface area contributed by atoms with E-state index in [0.29, 0.717) is 18.4 Å². The molecule has 2 heterocycles. The standard InChI is InChI=1S/C19H26N4O/c1-13-8-14(2)12-23(11-13)19(24)16-5-4-15(3)18(9-16)20-10-17-6-7-21-22-17/h4-7,9,13-14,20H,8,10-12H2,1-3H3,(H,21,22). The topological polar surface area (TPSA) is 61.0 Å². The van der Waals surface area contributed by atoms with Crippen LogP contribution in [0.1, 0.15) is 41.9 Å². The zero-order valence-electron chi connectivity index (χ0n) is 14.7. The third-order valence-corrected chi connectivity index (χ3v) is 4.67. The van der Waals surface area contributed by atoms with Gasteiger partial charge in [-0.05, 0) is 48.9 Å². The number of aromatic nitrogens is 2. The van der Waals surface area contributed by atoms with Crippen LogP contribution in [0.2, 0.25) is 0 Å². The van der Waals surface area contributed by atoms with Gasteiger partial charge in [0.05, 0.1) is 12.2 Å². The lowest BCUT2D eigenvalue weighted by atomic mass is 9.91.